The molecule has 0 heterocycles. The molecule has 0 spiro atoms. The molecule has 2 aromatic carbocycles. The van der Waals surface area contributed by atoms with Crippen LogP contribution in [0.2, 0.25) is 0 Å². The van der Waals surface area contributed by atoms with Crippen molar-refractivity contribution in [2.24, 2.45) is 0 Å². The molecule has 0 saturated heterocycles. The largest absolute Gasteiger partial charge is 0.0683 e. The smallest absolute Gasteiger partial charge is 0.0256 e. The molecule has 0 aliphatic rings. The van der Waals surface area contributed by atoms with E-state index in [4.69, 9.17) is 0 Å². The maximum atomic E-state index is 3.64. The first kappa shape index (κ1) is 14.2. The van der Waals surface area contributed by atoms with E-state index in [-0.39, 0.29) is 0 Å². The monoisotopic (exact) mass is 292 g/mol. The Labute approximate surface area is 113 Å². The molecule has 0 fully saturated rings. The van der Waals surface area contributed by atoms with Crippen molar-refractivity contribution in [3.8, 4) is 0 Å². The number of benzene rings is 2. The number of hydrogen-bond donors (Lipinski definition) is 0. The second-order valence-corrected chi connectivity index (χ2v) is 4.71. The van der Waals surface area contributed by atoms with Gasteiger partial charge in [-0.3, -0.25) is 0 Å². The summed E-state index contributed by atoms with van der Waals surface area (Å²) in [6.45, 7) is 6.24. The average molecular weight is 293 g/mol. The lowest BCUT2D eigenvalue weighted by Crippen LogP contribution is -1.87. The molecule has 0 amide bonds. The second kappa shape index (κ2) is 7.50. The standard InChI is InChI=1S/C14H15Br.C2H6/c1-2-3-6-11-7-4-8-12-9-5-10-13(15)14(11)12;1-2/h4-5,7-10H,2-3,6H2,1H3;1-2H3. The van der Waals surface area contributed by atoms with Crippen LogP contribution in [-0.2, 0) is 6.42 Å². The summed E-state index contributed by atoms with van der Waals surface area (Å²) in [5.74, 6) is 0. The van der Waals surface area contributed by atoms with Crippen LogP contribution in [-0.4, -0.2) is 0 Å². The van der Waals surface area contributed by atoms with Crippen LogP contribution in [0, 0.1) is 0 Å². The molecule has 0 radical (unpaired) electrons. The number of rotatable bonds is 3. The van der Waals surface area contributed by atoms with Crippen LogP contribution in [0.3, 0.4) is 0 Å². The van der Waals surface area contributed by atoms with Crippen LogP contribution < -0.4 is 0 Å². The van der Waals surface area contributed by atoms with Crippen LogP contribution in [0.15, 0.2) is 40.9 Å². The first-order valence-corrected chi connectivity index (χ1v) is 7.28. The Hall–Kier alpha value is -0.820. The van der Waals surface area contributed by atoms with Crippen LogP contribution in [0.4, 0.5) is 0 Å². The summed E-state index contributed by atoms with van der Waals surface area (Å²) >= 11 is 3.64. The normalized spacial score (nSPS) is 9.88. The lowest BCUT2D eigenvalue weighted by Gasteiger charge is -2.07. The van der Waals surface area contributed by atoms with E-state index in [1.165, 1.54) is 40.1 Å². The summed E-state index contributed by atoms with van der Waals surface area (Å²) in [6, 6.07) is 13.0. The molecular formula is C16H21Br. The van der Waals surface area contributed by atoms with Gasteiger partial charge in [-0.2, -0.15) is 0 Å². The Morgan fingerprint density at radius 2 is 1.65 bits per heavy atom. The number of halogens is 1. The lowest BCUT2D eigenvalue weighted by molar-refractivity contribution is 0.799. The lowest BCUT2D eigenvalue weighted by atomic mass is 10.0. The first-order chi connectivity index (χ1) is 8.33. The second-order valence-electron chi connectivity index (χ2n) is 3.86. The van der Waals surface area contributed by atoms with E-state index in [1.54, 1.807) is 0 Å². The highest BCUT2D eigenvalue weighted by atomic mass is 79.9. The van der Waals surface area contributed by atoms with Crippen LogP contribution in [0.5, 0.6) is 0 Å². The van der Waals surface area contributed by atoms with E-state index >= 15 is 0 Å². The van der Waals surface area contributed by atoms with Gasteiger partial charge in [0.05, 0.1) is 0 Å². The zero-order valence-corrected chi connectivity index (χ0v) is 12.5. The zero-order chi connectivity index (χ0) is 12.7. The van der Waals surface area contributed by atoms with Crippen molar-refractivity contribution in [1.29, 1.82) is 0 Å². The van der Waals surface area contributed by atoms with Crippen LogP contribution in [0.25, 0.3) is 10.8 Å². The summed E-state index contributed by atoms with van der Waals surface area (Å²) in [5, 5.41) is 2.71. The number of unbranched alkanes of at least 4 members (excludes halogenated alkanes) is 1. The summed E-state index contributed by atoms with van der Waals surface area (Å²) in [5.41, 5.74) is 1.46. The van der Waals surface area contributed by atoms with Crippen molar-refractivity contribution in [3.05, 3.63) is 46.4 Å². The van der Waals surface area contributed by atoms with Crippen molar-refractivity contribution in [3.63, 3.8) is 0 Å². The molecule has 1 heteroatoms. The molecule has 0 aliphatic heterocycles. The van der Waals surface area contributed by atoms with Gasteiger partial charge in [0.25, 0.3) is 0 Å². The average Bonchev–Trinajstić information content (AvgIpc) is 2.39. The number of aryl methyl sites for hydroxylation is 1. The molecule has 2 aromatic rings. The van der Waals surface area contributed by atoms with Gasteiger partial charge in [-0.1, -0.05) is 73.5 Å². The van der Waals surface area contributed by atoms with Crippen molar-refractivity contribution in [2.45, 2.75) is 40.0 Å². The molecule has 92 valence electrons. The summed E-state index contributed by atoms with van der Waals surface area (Å²) < 4.78 is 1.21. The van der Waals surface area contributed by atoms with Crippen LogP contribution >= 0.6 is 15.9 Å². The SMILES string of the molecule is CC.CCCCc1cccc2cccc(Br)c12. The molecule has 0 bridgehead atoms. The fourth-order valence-electron chi connectivity index (χ4n) is 1.95. The molecular weight excluding hydrogens is 272 g/mol. The molecule has 0 atom stereocenters. The summed E-state index contributed by atoms with van der Waals surface area (Å²) in [7, 11) is 0. The molecule has 0 nitrogen and oxygen atoms in total. The first-order valence-electron chi connectivity index (χ1n) is 6.49. The highest BCUT2D eigenvalue weighted by Gasteiger charge is 2.03. The quantitative estimate of drug-likeness (QED) is 0.654. The minimum atomic E-state index is 1.18. The van der Waals surface area contributed by atoms with Crippen molar-refractivity contribution >= 4 is 26.7 Å². The molecule has 0 unspecified atom stereocenters. The molecule has 17 heavy (non-hydrogen) atoms. The van der Waals surface area contributed by atoms with E-state index in [2.05, 4.69) is 59.3 Å². The number of fused-ring (bicyclic) bond motifs is 1. The fourth-order valence-corrected chi connectivity index (χ4v) is 2.58. The maximum absolute atomic E-state index is 3.64. The Morgan fingerprint density at radius 3 is 2.29 bits per heavy atom. The molecule has 0 aliphatic carbocycles. The van der Waals surface area contributed by atoms with E-state index in [1.807, 2.05) is 13.8 Å². The third-order valence-electron chi connectivity index (χ3n) is 2.74. The predicted octanol–water partition coefficient (Wildman–Crippen LogP) is 5.97. The minimum absolute atomic E-state index is 1.18. The van der Waals surface area contributed by atoms with Gasteiger partial charge in [0.2, 0.25) is 0 Å². The van der Waals surface area contributed by atoms with Gasteiger partial charge >= 0.3 is 0 Å². The maximum Gasteiger partial charge on any atom is 0.0256 e. The molecule has 0 N–H and O–H groups in total. The van der Waals surface area contributed by atoms with Crippen molar-refractivity contribution in [2.75, 3.05) is 0 Å². The Balaban J connectivity index is 0.000000686. The molecule has 2 rings (SSSR count). The number of hydrogen-bond acceptors (Lipinski definition) is 0. The van der Waals surface area contributed by atoms with E-state index < -0.39 is 0 Å². The van der Waals surface area contributed by atoms with E-state index in [0.29, 0.717) is 0 Å². The highest BCUT2D eigenvalue weighted by molar-refractivity contribution is 9.10. The molecule has 0 aromatic heterocycles. The van der Waals surface area contributed by atoms with Crippen molar-refractivity contribution in [1.82, 2.24) is 0 Å². The van der Waals surface area contributed by atoms with E-state index in [9.17, 15) is 0 Å². The predicted molar refractivity (Wildman–Crippen MR) is 81.6 cm³/mol. The molecule has 0 saturated carbocycles. The van der Waals surface area contributed by atoms with Crippen LogP contribution in [0.1, 0.15) is 39.2 Å². The topological polar surface area (TPSA) is 0 Å². The summed E-state index contributed by atoms with van der Waals surface area (Å²) in [4.78, 5) is 0. The third-order valence-corrected chi connectivity index (χ3v) is 3.40. The van der Waals surface area contributed by atoms with Crippen molar-refractivity contribution < 1.29 is 0 Å². The van der Waals surface area contributed by atoms with Gasteiger partial charge < -0.3 is 0 Å². The fraction of sp³-hybridized carbons (Fsp3) is 0.375. The van der Waals surface area contributed by atoms with E-state index in [0.717, 1.165) is 0 Å². The zero-order valence-electron chi connectivity index (χ0n) is 11.0. The Kier molecular flexibility index (Phi) is 6.28. The van der Waals surface area contributed by atoms with Gasteiger partial charge in [0.15, 0.2) is 0 Å². The summed E-state index contributed by atoms with van der Waals surface area (Å²) in [6.07, 6.45) is 3.69. The van der Waals surface area contributed by atoms with Gasteiger partial charge in [-0.25, -0.2) is 0 Å². The Bertz CT molecular complexity index is 455. The van der Waals surface area contributed by atoms with Gasteiger partial charge in [0, 0.05) is 4.47 Å². The van der Waals surface area contributed by atoms with Gasteiger partial charge in [-0.05, 0) is 35.2 Å². The third kappa shape index (κ3) is 3.57. The Morgan fingerprint density at radius 1 is 1.00 bits per heavy atom. The van der Waals surface area contributed by atoms with Gasteiger partial charge in [0.1, 0.15) is 0 Å². The highest BCUT2D eigenvalue weighted by Crippen LogP contribution is 2.28. The van der Waals surface area contributed by atoms with Gasteiger partial charge in [-0.15, -0.1) is 0 Å². The minimum Gasteiger partial charge on any atom is -0.0683 e.